The van der Waals surface area contributed by atoms with E-state index in [1.165, 1.54) is 0 Å². The van der Waals surface area contributed by atoms with Gasteiger partial charge in [0.15, 0.2) is 0 Å². The highest BCUT2D eigenvalue weighted by molar-refractivity contribution is 6.30. The van der Waals surface area contributed by atoms with Gasteiger partial charge in [0.1, 0.15) is 0 Å². The smallest absolute Gasteiger partial charge is 0.222 e. The Morgan fingerprint density at radius 3 is 2.42 bits per heavy atom. The maximum atomic E-state index is 13.0. The van der Waals surface area contributed by atoms with Gasteiger partial charge in [-0.1, -0.05) is 54.1 Å². The first-order chi connectivity index (χ1) is 15.9. The molecule has 33 heavy (non-hydrogen) atoms. The molecule has 2 heterocycles. The number of hydrogen-bond donors (Lipinski definition) is 2. The fourth-order valence-electron chi connectivity index (χ4n) is 5.24. The van der Waals surface area contributed by atoms with Gasteiger partial charge in [0.05, 0.1) is 6.10 Å². The first kappa shape index (κ1) is 23.8. The fourth-order valence-corrected chi connectivity index (χ4v) is 5.36. The van der Waals surface area contributed by atoms with Crippen molar-refractivity contribution in [1.82, 2.24) is 10.2 Å². The fraction of sp³-hybridized carbons (Fsp3) is 0.481. The second-order valence-electron chi connectivity index (χ2n) is 9.61. The summed E-state index contributed by atoms with van der Waals surface area (Å²) in [5.41, 5.74) is 1.89. The minimum absolute atomic E-state index is 0.0598. The van der Waals surface area contributed by atoms with Crippen LogP contribution in [0.3, 0.4) is 0 Å². The molecule has 0 radical (unpaired) electrons. The largest absolute Gasteiger partial charge is 0.392 e. The SMILES string of the molecule is O=C1CC[C@](CCC(=O)N2CCC([C@H](O)Cc3ccccc3)CC2)(Cc2ccc(Cl)cc2)N1. The molecule has 0 aliphatic carbocycles. The molecule has 0 saturated carbocycles. The highest BCUT2D eigenvalue weighted by Crippen LogP contribution is 2.31. The lowest BCUT2D eigenvalue weighted by atomic mass is 9.84. The molecule has 0 unspecified atom stereocenters. The van der Waals surface area contributed by atoms with E-state index in [2.05, 4.69) is 5.32 Å². The van der Waals surface area contributed by atoms with Crippen LogP contribution in [0.4, 0.5) is 0 Å². The lowest BCUT2D eigenvalue weighted by molar-refractivity contribution is -0.133. The summed E-state index contributed by atoms with van der Waals surface area (Å²) in [6.45, 7) is 1.37. The number of aliphatic hydroxyl groups excluding tert-OH is 1. The van der Waals surface area contributed by atoms with Crippen LogP contribution in [0.1, 0.15) is 49.7 Å². The molecule has 5 nitrogen and oxygen atoms in total. The predicted molar refractivity (Wildman–Crippen MR) is 130 cm³/mol. The Hall–Kier alpha value is -2.37. The van der Waals surface area contributed by atoms with E-state index in [0.29, 0.717) is 50.2 Å². The van der Waals surface area contributed by atoms with Gasteiger partial charge in [0.25, 0.3) is 0 Å². The number of nitrogens with one attached hydrogen (secondary N) is 1. The molecule has 2 aliphatic heterocycles. The summed E-state index contributed by atoms with van der Waals surface area (Å²) in [4.78, 5) is 26.9. The molecule has 0 bridgehead atoms. The van der Waals surface area contributed by atoms with Crippen molar-refractivity contribution < 1.29 is 14.7 Å². The van der Waals surface area contributed by atoms with Crippen molar-refractivity contribution in [1.29, 1.82) is 0 Å². The normalized spacial score (nSPS) is 22.2. The van der Waals surface area contributed by atoms with E-state index in [4.69, 9.17) is 11.6 Å². The zero-order valence-electron chi connectivity index (χ0n) is 19.0. The maximum Gasteiger partial charge on any atom is 0.222 e. The zero-order valence-corrected chi connectivity index (χ0v) is 19.8. The Kier molecular flexibility index (Phi) is 7.71. The van der Waals surface area contributed by atoms with E-state index >= 15 is 0 Å². The summed E-state index contributed by atoms with van der Waals surface area (Å²) >= 11 is 6.01. The lowest BCUT2D eigenvalue weighted by Gasteiger charge is -2.35. The van der Waals surface area contributed by atoms with Gasteiger partial charge in [0.2, 0.25) is 11.8 Å². The number of aliphatic hydroxyl groups is 1. The first-order valence-corrected chi connectivity index (χ1v) is 12.4. The molecule has 4 rings (SSSR count). The zero-order chi connectivity index (χ0) is 23.3. The van der Waals surface area contributed by atoms with Crippen LogP contribution in [-0.2, 0) is 22.4 Å². The number of amides is 2. The van der Waals surface area contributed by atoms with Gasteiger partial charge in [0, 0.05) is 36.5 Å². The van der Waals surface area contributed by atoms with Crippen LogP contribution in [0, 0.1) is 5.92 Å². The van der Waals surface area contributed by atoms with Crippen LogP contribution in [0.15, 0.2) is 54.6 Å². The lowest BCUT2D eigenvalue weighted by Crippen LogP contribution is -2.46. The van der Waals surface area contributed by atoms with Crippen molar-refractivity contribution in [3.8, 4) is 0 Å². The monoisotopic (exact) mass is 468 g/mol. The summed E-state index contributed by atoms with van der Waals surface area (Å²) in [6, 6.07) is 17.8. The van der Waals surface area contributed by atoms with Crippen molar-refractivity contribution in [2.75, 3.05) is 13.1 Å². The molecule has 2 aromatic rings. The molecule has 6 heteroatoms. The molecule has 2 saturated heterocycles. The van der Waals surface area contributed by atoms with Crippen LogP contribution in [0.5, 0.6) is 0 Å². The van der Waals surface area contributed by atoms with E-state index in [9.17, 15) is 14.7 Å². The van der Waals surface area contributed by atoms with Gasteiger partial charge in [-0.15, -0.1) is 0 Å². The summed E-state index contributed by atoms with van der Waals surface area (Å²) in [6.07, 6.45) is 4.95. The Morgan fingerprint density at radius 1 is 1.09 bits per heavy atom. The third kappa shape index (κ3) is 6.36. The first-order valence-electron chi connectivity index (χ1n) is 12.0. The van der Waals surface area contributed by atoms with Gasteiger partial charge >= 0.3 is 0 Å². The molecule has 2 fully saturated rings. The number of hydrogen-bond acceptors (Lipinski definition) is 3. The van der Waals surface area contributed by atoms with Crippen molar-refractivity contribution in [2.24, 2.45) is 5.92 Å². The predicted octanol–water partition coefficient (Wildman–Crippen LogP) is 4.15. The number of benzene rings is 2. The van der Waals surface area contributed by atoms with Crippen LogP contribution in [0.2, 0.25) is 5.02 Å². The molecule has 2 aliphatic rings. The minimum Gasteiger partial charge on any atom is -0.392 e. The number of carbonyl (C=O) groups is 2. The van der Waals surface area contributed by atoms with Crippen molar-refractivity contribution in [3.05, 3.63) is 70.7 Å². The highest BCUT2D eigenvalue weighted by Gasteiger charge is 2.38. The van der Waals surface area contributed by atoms with Crippen molar-refractivity contribution in [3.63, 3.8) is 0 Å². The summed E-state index contributed by atoms with van der Waals surface area (Å²) in [5.74, 6) is 0.423. The molecule has 176 valence electrons. The molecular formula is C27H33ClN2O3. The number of nitrogens with zero attached hydrogens (tertiary/aromatic N) is 1. The Labute approximate surface area is 201 Å². The number of likely N-dealkylation sites (tertiary alicyclic amines) is 1. The average molecular weight is 469 g/mol. The molecule has 0 spiro atoms. The maximum absolute atomic E-state index is 13.0. The summed E-state index contributed by atoms with van der Waals surface area (Å²) in [7, 11) is 0. The topological polar surface area (TPSA) is 69.6 Å². The molecule has 2 aromatic carbocycles. The van der Waals surface area contributed by atoms with Crippen LogP contribution >= 0.6 is 11.6 Å². The van der Waals surface area contributed by atoms with E-state index in [1.807, 2.05) is 59.5 Å². The van der Waals surface area contributed by atoms with E-state index in [1.54, 1.807) is 0 Å². The molecule has 2 atom stereocenters. The van der Waals surface area contributed by atoms with Crippen molar-refractivity contribution in [2.45, 2.75) is 63.0 Å². The molecule has 0 aromatic heterocycles. The van der Waals surface area contributed by atoms with Crippen molar-refractivity contribution >= 4 is 23.4 Å². The quantitative estimate of drug-likeness (QED) is 0.611. The molecule has 2 amide bonds. The van der Waals surface area contributed by atoms with Gasteiger partial charge in [-0.2, -0.15) is 0 Å². The third-order valence-electron chi connectivity index (χ3n) is 7.23. The standard InChI is InChI=1S/C27H33ClN2O3/c28-23-8-6-21(7-9-23)19-27(14-10-25(32)29-27)15-11-26(33)30-16-12-22(13-17-30)24(31)18-20-4-2-1-3-5-20/h1-9,22,24,31H,10-19H2,(H,29,32)/t24-,27+/m1/s1. The van der Waals surface area contributed by atoms with Gasteiger partial charge < -0.3 is 15.3 Å². The highest BCUT2D eigenvalue weighted by atomic mass is 35.5. The Balaban J connectivity index is 1.28. The van der Waals surface area contributed by atoms with Crippen LogP contribution < -0.4 is 5.32 Å². The summed E-state index contributed by atoms with van der Waals surface area (Å²) in [5, 5.41) is 14.5. The molecular weight excluding hydrogens is 436 g/mol. The second-order valence-corrected chi connectivity index (χ2v) is 10.0. The second kappa shape index (κ2) is 10.7. The van der Waals surface area contributed by atoms with Crippen LogP contribution in [0.25, 0.3) is 0 Å². The number of piperidine rings is 1. The number of halogens is 1. The van der Waals surface area contributed by atoms with E-state index in [0.717, 1.165) is 30.4 Å². The van der Waals surface area contributed by atoms with E-state index in [-0.39, 0.29) is 29.4 Å². The number of carbonyl (C=O) groups excluding carboxylic acids is 2. The van der Waals surface area contributed by atoms with Gasteiger partial charge in [-0.25, -0.2) is 0 Å². The Morgan fingerprint density at radius 2 is 1.79 bits per heavy atom. The van der Waals surface area contributed by atoms with Gasteiger partial charge in [-0.3, -0.25) is 9.59 Å². The average Bonchev–Trinajstić information content (AvgIpc) is 3.20. The Bertz CT molecular complexity index is 942. The van der Waals surface area contributed by atoms with E-state index < -0.39 is 0 Å². The minimum atomic E-state index is -0.374. The molecule has 2 N–H and O–H groups in total. The van der Waals surface area contributed by atoms with Crippen LogP contribution in [-0.4, -0.2) is 46.6 Å². The number of rotatable bonds is 8. The summed E-state index contributed by atoms with van der Waals surface area (Å²) < 4.78 is 0. The third-order valence-corrected chi connectivity index (χ3v) is 7.48. The van der Waals surface area contributed by atoms with Gasteiger partial charge in [-0.05, 0) is 67.7 Å².